The molecule has 1 heterocycles. The molecule has 0 radical (unpaired) electrons. The van der Waals surface area contributed by atoms with Gasteiger partial charge in [-0.05, 0) is 38.3 Å². The minimum atomic E-state index is 0.432. The van der Waals surface area contributed by atoms with Crippen LogP contribution >= 0.6 is 0 Å². The Bertz CT molecular complexity index is 532. The van der Waals surface area contributed by atoms with Crippen molar-refractivity contribution in [2.75, 3.05) is 5.73 Å². The van der Waals surface area contributed by atoms with Gasteiger partial charge in [-0.2, -0.15) is 0 Å². The number of hydrogen-bond donors (Lipinski definition) is 1. The van der Waals surface area contributed by atoms with Crippen LogP contribution in [0.4, 0.5) is 5.88 Å². The maximum absolute atomic E-state index is 5.79. The Morgan fingerprint density at radius 3 is 2.29 bits per heavy atom. The molecule has 0 amide bonds. The van der Waals surface area contributed by atoms with Crippen molar-refractivity contribution in [3.05, 3.63) is 34.4 Å². The van der Waals surface area contributed by atoms with Crippen molar-refractivity contribution in [3.63, 3.8) is 0 Å². The number of aromatic nitrogens is 1. The number of anilines is 1. The molecule has 1 aromatic heterocycles. The summed E-state index contributed by atoms with van der Waals surface area (Å²) in [6.45, 7) is 8.35. The second kappa shape index (κ2) is 4.24. The Labute approximate surface area is 102 Å². The van der Waals surface area contributed by atoms with Gasteiger partial charge in [-0.1, -0.05) is 29.8 Å². The van der Waals surface area contributed by atoms with Crippen LogP contribution in [0.5, 0.6) is 0 Å². The lowest BCUT2D eigenvalue weighted by Gasteiger charge is -2.09. The van der Waals surface area contributed by atoms with E-state index in [1.54, 1.807) is 0 Å². The maximum atomic E-state index is 5.79. The Hall–Kier alpha value is -1.77. The van der Waals surface area contributed by atoms with Gasteiger partial charge >= 0.3 is 0 Å². The zero-order valence-corrected chi connectivity index (χ0v) is 10.8. The number of hydrogen-bond acceptors (Lipinski definition) is 3. The average molecular weight is 230 g/mol. The minimum absolute atomic E-state index is 0.432. The standard InChI is InChI=1S/C14H18N2O/c1-5-11-13(16-17-14(11)15)12-9(3)6-8(2)7-10(12)4/h6-7H,5,15H2,1-4H3. The second-order valence-corrected chi connectivity index (χ2v) is 4.50. The number of nitrogens with two attached hydrogens (primary N) is 1. The normalized spacial score (nSPS) is 10.8. The van der Waals surface area contributed by atoms with Crippen LogP contribution in [0.2, 0.25) is 0 Å². The van der Waals surface area contributed by atoms with E-state index in [1.807, 2.05) is 0 Å². The van der Waals surface area contributed by atoms with Gasteiger partial charge in [-0.15, -0.1) is 0 Å². The van der Waals surface area contributed by atoms with Gasteiger partial charge in [0.2, 0.25) is 5.88 Å². The third-order valence-corrected chi connectivity index (χ3v) is 3.09. The van der Waals surface area contributed by atoms with Gasteiger partial charge in [0, 0.05) is 11.1 Å². The van der Waals surface area contributed by atoms with Gasteiger partial charge in [0.1, 0.15) is 5.69 Å². The van der Waals surface area contributed by atoms with Gasteiger partial charge in [-0.3, -0.25) is 0 Å². The molecule has 0 saturated heterocycles. The number of aryl methyl sites for hydroxylation is 3. The van der Waals surface area contributed by atoms with E-state index < -0.39 is 0 Å². The Kier molecular flexibility index (Phi) is 2.92. The largest absolute Gasteiger partial charge is 0.367 e. The molecule has 2 aromatic rings. The van der Waals surface area contributed by atoms with Gasteiger partial charge in [0.25, 0.3) is 0 Å². The quantitative estimate of drug-likeness (QED) is 0.860. The van der Waals surface area contributed by atoms with Crippen LogP contribution in [-0.4, -0.2) is 5.16 Å². The van der Waals surface area contributed by atoms with Gasteiger partial charge < -0.3 is 10.3 Å². The zero-order valence-electron chi connectivity index (χ0n) is 10.8. The van der Waals surface area contributed by atoms with Crippen molar-refractivity contribution in [2.24, 2.45) is 0 Å². The van der Waals surface area contributed by atoms with Gasteiger partial charge in [-0.25, -0.2) is 0 Å². The molecule has 3 heteroatoms. The van der Waals surface area contributed by atoms with E-state index in [0.717, 1.165) is 23.2 Å². The number of nitrogen functional groups attached to an aromatic ring is 1. The van der Waals surface area contributed by atoms with E-state index in [4.69, 9.17) is 10.3 Å². The molecule has 17 heavy (non-hydrogen) atoms. The van der Waals surface area contributed by atoms with Crippen LogP contribution in [0.25, 0.3) is 11.3 Å². The summed E-state index contributed by atoms with van der Waals surface area (Å²) in [6.07, 6.45) is 0.831. The van der Waals surface area contributed by atoms with E-state index in [-0.39, 0.29) is 0 Å². The Balaban J connectivity index is 2.68. The summed E-state index contributed by atoms with van der Waals surface area (Å²) in [6, 6.07) is 4.32. The van der Waals surface area contributed by atoms with Crippen LogP contribution < -0.4 is 5.73 Å². The number of benzene rings is 1. The molecule has 0 bridgehead atoms. The summed E-state index contributed by atoms with van der Waals surface area (Å²) in [5.74, 6) is 0.432. The van der Waals surface area contributed by atoms with E-state index in [0.29, 0.717) is 5.88 Å². The van der Waals surface area contributed by atoms with Crippen LogP contribution in [0, 0.1) is 20.8 Å². The molecule has 2 N–H and O–H groups in total. The molecule has 90 valence electrons. The summed E-state index contributed by atoms with van der Waals surface area (Å²) < 4.78 is 5.11. The molecule has 0 atom stereocenters. The van der Waals surface area contributed by atoms with Crippen molar-refractivity contribution in [1.82, 2.24) is 5.16 Å². The van der Waals surface area contributed by atoms with Crippen LogP contribution in [0.3, 0.4) is 0 Å². The molecule has 0 unspecified atom stereocenters. The lowest BCUT2D eigenvalue weighted by Crippen LogP contribution is -1.94. The molecule has 0 saturated carbocycles. The lowest BCUT2D eigenvalue weighted by molar-refractivity contribution is 0.438. The molecule has 0 aliphatic rings. The van der Waals surface area contributed by atoms with Crippen molar-refractivity contribution in [2.45, 2.75) is 34.1 Å². The smallest absolute Gasteiger partial charge is 0.225 e. The fourth-order valence-electron chi connectivity index (χ4n) is 2.41. The molecule has 0 fully saturated rings. The first-order chi connectivity index (χ1) is 8.04. The van der Waals surface area contributed by atoms with Crippen molar-refractivity contribution in [1.29, 1.82) is 0 Å². The summed E-state index contributed by atoms with van der Waals surface area (Å²) in [5, 5.41) is 4.11. The molecule has 1 aromatic carbocycles. The number of nitrogens with zero attached hydrogens (tertiary/aromatic N) is 1. The lowest BCUT2D eigenvalue weighted by atomic mass is 9.95. The predicted octanol–water partition coefficient (Wildman–Crippen LogP) is 3.41. The summed E-state index contributed by atoms with van der Waals surface area (Å²) in [5.41, 5.74) is 12.5. The highest BCUT2D eigenvalue weighted by Gasteiger charge is 2.17. The zero-order chi connectivity index (χ0) is 12.6. The van der Waals surface area contributed by atoms with E-state index >= 15 is 0 Å². The van der Waals surface area contributed by atoms with E-state index in [9.17, 15) is 0 Å². The maximum Gasteiger partial charge on any atom is 0.225 e. The predicted molar refractivity (Wildman–Crippen MR) is 69.9 cm³/mol. The summed E-state index contributed by atoms with van der Waals surface area (Å²) in [4.78, 5) is 0. The summed E-state index contributed by atoms with van der Waals surface area (Å²) >= 11 is 0. The molecular formula is C14H18N2O. The number of rotatable bonds is 2. The SMILES string of the molecule is CCc1c(-c2c(C)cc(C)cc2C)noc1N. The summed E-state index contributed by atoms with van der Waals surface area (Å²) in [7, 11) is 0. The first-order valence-electron chi connectivity index (χ1n) is 5.86. The van der Waals surface area contributed by atoms with Crippen LogP contribution in [-0.2, 0) is 6.42 Å². The minimum Gasteiger partial charge on any atom is -0.367 e. The van der Waals surface area contributed by atoms with Crippen LogP contribution in [0.15, 0.2) is 16.7 Å². The van der Waals surface area contributed by atoms with Crippen molar-refractivity contribution < 1.29 is 4.52 Å². The molecular weight excluding hydrogens is 212 g/mol. The molecule has 0 aliphatic carbocycles. The average Bonchev–Trinajstić information content (AvgIpc) is 2.58. The first-order valence-corrected chi connectivity index (χ1v) is 5.86. The van der Waals surface area contributed by atoms with Crippen molar-refractivity contribution >= 4 is 5.88 Å². The van der Waals surface area contributed by atoms with Crippen LogP contribution in [0.1, 0.15) is 29.2 Å². The molecule has 0 spiro atoms. The van der Waals surface area contributed by atoms with E-state index in [2.05, 4.69) is 45.0 Å². The highest BCUT2D eigenvalue weighted by molar-refractivity contribution is 5.73. The molecule has 2 rings (SSSR count). The Morgan fingerprint density at radius 1 is 1.18 bits per heavy atom. The highest BCUT2D eigenvalue weighted by atomic mass is 16.5. The van der Waals surface area contributed by atoms with Gasteiger partial charge in [0.15, 0.2) is 0 Å². The fraction of sp³-hybridized carbons (Fsp3) is 0.357. The first kappa shape index (κ1) is 11.7. The molecule has 3 nitrogen and oxygen atoms in total. The second-order valence-electron chi connectivity index (χ2n) is 4.50. The topological polar surface area (TPSA) is 52.0 Å². The monoisotopic (exact) mass is 230 g/mol. The van der Waals surface area contributed by atoms with Gasteiger partial charge in [0.05, 0.1) is 0 Å². The fourth-order valence-corrected chi connectivity index (χ4v) is 2.41. The molecule has 0 aliphatic heterocycles. The van der Waals surface area contributed by atoms with E-state index in [1.165, 1.54) is 16.7 Å². The van der Waals surface area contributed by atoms with Crippen molar-refractivity contribution in [3.8, 4) is 11.3 Å². The third kappa shape index (κ3) is 1.93. The third-order valence-electron chi connectivity index (χ3n) is 3.09. The Morgan fingerprint density at radius 2 is 1.76 bits per heavy atom. The highest BCUT2D eigenvalue weighted by Crippen LogP contribution is 2.32.